The number of benzene rings is 2. The summed E-state index contributed by atoms with van der Waals surface area (Å²) in [5, 5.41) is 3.12. The number of aromatic nitrogens is 2. The predicted molar refractivity (Wildman–Crippen MR) is 91.2 cm³/mol. The number of hydrogen-bond donors (Lipinski definition) is 1. The third-order valence-electron chi connectivity index (χ3n) is 3.24. The minimum Gasteiger partial charge on any atom is -0.297 e. The molecular formula is C16H10ClF2N3O2S. The molecular weight excluding hydrogens is 372 g/mol. The van der Waals surface area contributed by atoms with Crippen LogP contribution >= 0.6 is 23.1 Å². The van der Waals surface area contributed by atoms with Gasteiger partial charge >= 0.3 is 5.69 Å². The number of nitrogens with one attached hydrogen (secondary N) is 1. The Balaban J connectivity index is 1.75. The van der Waals surface area contributed by atoms with Crippen LogP contribution in [-0.4, -0.2) is 14.8 Å². The first-order valence-corrected chi connectivity index (χ1v) is 8.16. The second-order valence-electron chi connectivity index (χ2n) is 5.04. The van der Waals surface area contributed by atoms with Crippen LogP contribution in [0.5, 0.6) is 0 Å². The number of rotatable bonds is 4. The van der Waals surface area contributed by atoms with Crippen LogP contribution < -0.4 is 11.0 Å². The van der Waals surface area contributed by atoms with Gasteiger partial charge in [0.25, 0.3) is 5.91 Å². The van der Waals surface area contributed by atoms with Crippen LogP contribution in [0.15, 0.2) is 47.3 Å². The van der Waals surface area contributed by atoms with Crippen LogP contribution in [0.4, 0.5) is 13.9 Å². The van der Waals surface area contributed by atoms with Crippen molar-refractivity contribution in [3.8, 4) is 0 Å². The molecule has 0 radical (unpaired) electrons. The van der Waals surface area contributed by atoms with Gasteiger partial charge in [0, 0.05) is 10.6 Å². The van der Waals surface area contributed by atoms with Crippen LogP contribution in [0.2, 0.25) is 5.02 Å². The molecule has 0 saturated carbocycles. The third kappa shape index (κ3) is 4.09. The number of anilines is 1. The summed E-state index contributed by atoms with van der Waals surface area (Å²) in [6, 6.07) is 9.59. The highest BCUT2D eigenvalue weighted by Gasteiger charge is 2.12. The smallest absolute Gasteiger partial charge is 0.297 e. The molecule has 1 N–H and O–H groups in total. The SMILES string of the molecule is O=C(Nc1nc(=O)n(Cc2ccc(F)c(F)c2)s1)c1ccc(Cl)cc1. The van der Waals surface area contributed by atoms with Crippen molar-refractivity contribution in [3.63, 3.8) is 0 Å². The van der Waals surface area contributed by atoms with E-state index in [0.29, 0.717) is 16.1 Å². The fraction of sp³-hybridized carbons (Fsp3) is 0.0625. The van der Waals surface area contributed by atoms with Gasteiger partial charge in [-0.3, -0.25) is 10.1 Å². The largest absolute Gasteiger partial charge is 0.360 e. The van der Waals surface area contributed by atoms with Crippen LogP contribution in [0.25, 0.3) is 0 Å². The van der Waals surface area contributed by atoms with Gasteiger partial charge in [0.05, 0.1) is 6.54 Å². The average Bonchev–Trinajstić information content (AvgIpc) is 2.91. The Kier molecular flexibility index (Phi) is 4.91. The third-order valence-corrected chi connectivity index (χ3v) is 4.37. The second-order valence-corrected chi connectivity index (χ2v) is 6.48. The molecule has 1 aromatic heterocycles. The number of nitrogens with zero attached hydrogens (tertiary/aromatic N) is 2. The summed E-state index contributed by atoms with van der Waals surface area (Å²) >= 11 is 6.67. The van der Waals surface area contributed by atoms with E-state index in [1.165, 1.54) is 10.0 Å². The molecule has 0 fully saturated rings. The van der Waals surface area contributed by atoms with Crippen LogP contribution in [0.1, 0.15) is 15.9 Å². The molecule has 128 valence electrons. The lowest BCUT2D eigenvalue weighted by atomic mass is 10.2. The van der Waals surface area contributed by atoms with Gasteiger partial charge in [-0.1, -0.05) is 17.7 Å². The molecule has 1 heterocycles. The highest BCUT2D eigenvalue weighted by molar-refractivity contribution is 7.10. The maximum atomic E-state index is 13.2. The van der Waals surface area contributed by atoms with E-state index in [1.54, 1.807) is 24.3 Å². The zero-order valence-electron chi connectivity index (χ0n) is 12.5. The zero-order valence-corrected chi connectivity index (χ0v) is 14.1. The van der Waals surface area contributed by atoms with E-state index in [-0.39, 0.29) is 11.7 Å². The van der Waals surface area contributed by atoms with Crippen molar-refractivity contribution in [1.82, 2.24) is 8.94 Å². The monoisotopic (exact) mass is 381 g/mol. The van der Waals surface area contributed by atoms with Gasteiger partial charge in [0.2, 0.25) is 5.13 Å². The molecule has 0 spiro atoms. The first-order valence-electron chi connectivity index (χ1n) is 7.01. The molecule has 1 amide bonds. The van der Waals surface area contributed by atoms with Gasteiger partial charge in [-0.25, -0.2) is 17.5 Å². The quantitative estimate of drug-likeness (QED) is 0.751. The molecule has 9 heteroatoms. The fourth-order valence-corrected chi connectivity index (χ4v) is 2.96. The summed E-state index contributed by atoms with van der Waals surface area (Å²) in [5.41, 5.74) is 0.167. The van der Waals surface area contributed by atoms with Gasteiger partial charge in [-0.15, -0.1) is 0 Å². The lowest BCUT2D eigenvalue weighted by Gasteiger charge is -2.02. The summed E-state index contributed by atoms with van der Waals surface area (Å²) < 4.78 is 27.4. The fourth-order valence-electron chi connectivity index (χ4n) is 2.03. The van der Waals surface area contributed by atoms with Crippen molar-refractivity contribution in [2.24, 2.45) is 0 Å². The standard InChI is InChI=1S/C16H10ClF2N3O2S/c17-11-4-2-10(3-5-11)14(23)20-15-21-16(24)22(25-15)8-9-1-6-12(18)13(19)7-9/h1-7H,8H2,(H,20,21,23,24). The lowest BCUT2D eigenvalue weighted by molar-refractivity contribution is 0.102. The maximum absolute atomic E-state index is 13.2. The van der Waals surface area contributed by atoms with E-state index in [1.807, 2.05) is 0 Å². The van der Waals surface area contributed by atoms with E-state index >= 15 is 0 Å². The lowest BCUT2D eigenvalue weighted by Crippen LogP contribution is -2.16. The Bertz CT molecular complexity index is 986. The summed E-state index contributed by atoms with van der Waals surface area (Å²) in [5.74, 6) is -2.40. The van der Waals surface area contributed by atoms with Crippen molar-refractivity contribution in [2.75, 3.05) is 5.32 Å². The molecule has 5 nitrogen and oxygen atoms in total. The molecule has 0 atom stereocenters. The van der Waals surface area contributed by atoms with Gasteiger partial charge in [0.1, 0.15) is 0 Å². The summed E-state index contributed by atoms with van der Waals surface area (Å²) in [6.45, 7) is 0.0184. The Morgan fingerprint density at radius 1 is 1.16 bits per heavy atom. The Labute approximate surface area is 149 Å². The average molecular weight is 382 g/mol. The van der Waals surface area contributed by atoms with E-state index in [9.17, 15) is 18.4 Å². The summed E-state index contributed by atoms with van der Waals surface area (Å²) in [7, 11) is 0. The van der Waals surface area contributed by atoms with Gasteiger partial charge in [0.15, 0.2) is 11.6 Å². The van der Waals surface area contributed by atoms with Gasteiger partial charge < -0.3 is 0 Å². The highest BCUT2D eigenvalue weighted by atomic mass is 35.5. The number of halogens is 3. The van der Waals surface area contributed by atoms with Crippen molar-refractivity contribution < 1.29 is 13.6 Å². The van der Waals surface area contributed by atoms with Crippen molar-refractivity contribution in [1.29, 1.82) is 0 Å². The molecule has 0 aliphatic rings. The minimum atomic E-state index is -0.994. The highest BCUT2D eigenvalue weighted by Crippen LogP contribution is 2.15. The summed E-state index contributed by atoms with van der Waals surface area (Å²) in [6.07, 6.45) is 0. The molecule has 0 aliphatic carbocycles. The number of carbonyl (C=O) groups is 1. The number of hydrogen-bond acceptors (Lipinski definition) is 4. The second kappa shape index (κ2) is 7.12. The number of amides is 1. The first-order chi connectivity index (χ1) is 11.9. The normalized spacial score (nSPS) is 10.7. The Morgan fingerprint density at radius 3 is 2.56 bits per heavy atom. The molecule has 0 aliphatic heterocycles. The van der Waals surface area contributed by atoms with Crippen molar-refractivity contribution >= 4 is 34.2 Å². The van der Waals surface area contributed by atoms with E-state index in [4.69, 9.17) is 11.6 Å². The van der Waals surface area contributed by atoms with Crippen molar-refractivity contribution in [2.45, 2.75) is 6.54 Å². The zero-order chi connectivity index (χ0) is 18.0. The molecule has 0 bridgehead atoms. The van der Waals surface area contributed by atoms with E-state index < -0.39 is 23.2 Å². The van der Waals surface area contributed by atoms with Gasteiger partial charge in [-0.05, 0) is 53.5 Å². The predicted octanol–water partition coefficient (Wildman–Crippen LogP) is 3.54. The maximum Gasteiger partial charge on any atom is 0.360 e. The minimum absolute atomic E-state index is 0.0184. The first kappa shape index (κ1) is 17.2. The van der Waals surface area contributed by atoms with E-state index in [2.05, 4.69) is 10.3 Å². The van der Waals surface area contributed by atoms with E-state index in [0.717, 1.165) is 23.7 Å². The molecule has 25 heavy (non-hydrogen) atoms. The van der Waals surface area contributed by atoms with Crippen LogP contribution in [-0.2, 0) is 6.54 Å². The molecule has 0 unspecified atom stereocenters. The number of carbonyl (C=O) groups excluding carboxylic acids is 1. The molecule has 3 rings (SSSR count). The Morgan fingerprint density at radius 2 is 1.88 bits per heavy atom. The molecule has 0 saturated heterocycles. The molecule has 2 aromatic carbocycles. The van der Waals surface area contributed by atoms with Crippen molar-refractivity contribution in [3.05, 3.63) is 80.7 Å². The Hall–Kier alpha value is -2.58. The van der Waals surface area contributed by atoms with Gasteiger partial charge in [-0.2, -0.15) is 4.98 Å². The topological polar surface area (TPSA) is 64.0 Å². The van der Waals surface area contributed by atoms with Crippen LogP contribution in [0, 0.1) is 11.6 Å². The molecule has 3 aromatic rings. The van der Waals surface area contributed by atoms with Crippen LogP contribution in [0.3, 0.4) is 0 Å². The summed E-state index contributed by atoms with van der Waals surface area (Å²) in [4.78, 5) is 27.7.